The average molecular weight is 311 g/mol. The second-order valence-corrected chi connectivity index (χ2v) is 5.48. The van der Waals surface area contributed by atoms with Crippen molar-refractivity contribution in [2.75, 3.05) is 11.8 Å². The fourth-order valence-corrected chi connectivity index (χ4v) is 2.61. The number of rotatable bonds is 7. The molecule has 0 atom stereocenters. The molecule has 0 unspecified atom stereocenters. The van der Waals surface area contributed by atoms with Gasteiger partial charge in [-0.1, -0.05) is 0 Å². The second-order valence-electron chi connectivity index (χ2n) is 4.73. The minimum atomic E-state index is 0.686. The second kappa shape index (κ2) is 8.23. The number of hydrogen-bond donors (Lipinski definition) is 0. The van der Waals surface area contributed by atoms with E-state index < -0.39 is 0 Å². The van der Waals surface area contributed by atoms with Crippen molar-refractivity contribution >= 4 is 23.2 Å². The van der Waals surface area contributed by atoms with Gasteiger partial charge in [-0.3, -0.25) is 0 Å². The van der Waals surface area contributed by atoms with Crippen molar-refractivity contribution in [1.82, 2.24) is 0 Å². The molecule has 2 aromatic rings. The van der Waals surface area contributed by atoms with Gasteiger partial charge in [0.1, 0.15) is 0 Å². The van der Waals surface area contributed by atoms with Crippen molar-refractivity contribution in [2.45, 2.75) is 25.7 Å². The van der Waals surface area contributed by atoms with Crippen LogP contribution in [0.4, 0.5) is 0 Å². The van der Waals surface area contributed by atoms with E-state index in [1.165, 1.54) is 11.1 Å². The smallest absolute Gasteiger partial charge is 0.206 e. The minimum Gasteiger partial charge on any atom is -0.206 e. The molecule has 0 radical (unpaired) electrons. The Morgan fingerprint density at radius 1 is 0.750 bits per heavy atom. The fraction of sp³-hybridized carbons (Fsp3) is 0.375. The molecule has 0 aliphatic rings. The lowest BCUT2D eigenvalue weighted by molar-refractivity contribution is -0.403. The zero-order valence-electron chi connectivity index (χ0n) is 11.5. The minimum absolute atomic E-state index is 0.686. The molecule has 2 N–H and O–H groups in total. The van der Waals surface area contributed by atoms with Gasteiger partial charge in [0.2, 0.25) is 0 Å². The Balaban J connectivity index is 2.35. The van der Waals surface area contributed by atoms with E-state index in [0.717, 1.165) is 37.1 Å². The summed E-state index contributed by atoms with van der Waals surface area (Å²) in [6.07, 6.45) is 7.85. The number of pyridine rings is 2. The van der Waals surface area contributed by atoms with Crippen LogP contribution in [0.15, 0.2) is 36.7 Å². The summed E-state index contributed by atoms with van der Waals surface area (Å²) in [5.41, 5.74) is 4.90. The Labute approximate surface area is 130 Å². The maximum atomic E-state index is 5.82. The SMILES string of the molecule is ClCCCc1ccc[nH+]c1-c1[nH+]cccc1CCCCl. The summed E-state index contributed by atoms with van der Waals surface area (Å²) in [7, 11) is 0. The van der Waals surface area contributed by atoms with E-state index in [-0.39, 0.29) is 0 Å². The van der Waals surface area contributed by atoms with Gasteiger partial charge >= 0.3 is 0 Å². The fourth-order valence-electron chi connectivity index (χ4n) is 2.34. The highest BCUT2D eigenvalue weighted by molar-refractivity contribution is 6.18. The number of hydrogen-bond acceptors (Lipinski definition) is 0. The highest BCUT2D eigenvalue weighted by Crippen LogP contribution is 2.21. The largest absolute Gasteiger partial charge is 0.279 e. The lowest BCUT2D eigenvalue weighted by Crippen LogP contribution is -2.19. The summed E-state index contributed by atoms with van der Waals surface area (Å²) in [4.78, 5) is 6.74. The molecule has 0 aliphatic carbocycles. The summed E-state index contributed by atoms with van der Waals surface area (Å²) in [5.74, 6) is 1.37. The van der Waals surface area contributed by atoms with E-state index in [0.29, 0.717) is 11.8 Å². The Kier molecular flexibility index (Phi) is 6.28. The van der Waals surface area contributed by atoms with Gasteiger partial charge < -0.3 is 0 Å². The first kappa shape index (κ1) is 15.3. The van der Waals surface area contributed by atoms with Crippen LogP contribution in [-0.2, 0) is 12.8 Å². The van der Waals surface area contributed by atoms with E-state index in [1.54, 1.807) is 0 Å². The third kappa shape index (κ3) is 3.94. The van der Waals surface area contributed by atoms with E-state index >= 15 is 0 Å². The van der Waals surface area contributed by atoms with Crippen LogP contribution in [0.25, 0.3) is 11.4 Å². The van der Waals surface area contributed by atoms with Crippen molar-refractivity contribution in [2.24, 2.45) is 0 Å². The zero-order valence-corrected chi connectivity index (χ0v) is 13.0. The number of aryl methyl sites for hydroxylation is 2. The maximum Gasteiger partial charge on any atom is 0.279 e. The molecule has 2 heterocycles. The molecule has 106 valence electrons. The van der Waals surface area contributed by atoms with Gasteiger partial charge in [-0.15, -0.1) is 23.2 Å². The van der Waals surface area contributed by atoms with Crippen LogP contribution < -0.4 is 9.97 Å². The predicted molar refractivity (Wildman–Crippen MR) is 83.1 cm³/mol. The molecule has 2 nitrogen and oxygen atoms in total. The van der Waals surface area contributed by atoms with Crippen LogP contribution >= 0.6 is 23.2 Å². The van der Waals surface area contributed by atoms with Gasteiger partial charge in [0.25, 0.3) is 11.4 Å². The van der Waals surface area contributed by atoms with Crippen LogP contribution in [0.5, 0.6) is 0 Å². The normalized spacial score (nSPS) is 10.7. The molecule has 20 heavy (non-hydrogen) atoms. The Morgan fingerprint density at radius 2 is 1.20 bits per heavy atom. The number of H-pyrrole nitrogens is 2. The molecule has 0 fully saturated rings. The van der Waals surface area contributed by atoms with Crippen LogP contribution in [0.3, 0.4) is 0 Å². The summed E-state index contributed by atoms with van der Waals surface area (Å²) in [6.45, 7) is 0. The van der Waals surface area contributed by atoms with Crippen molar-refractivity contribution < 1.29 is 9.97 Å². The maximum absolute atomic E-state index is 5.82. The quantitative estimate of drug-likeness (QED) is 0.702. The van der Waals surface area contributed by atoms with E-state index in [9.17, 15) is 0 Å². The first-order valence-corrected chi connectivity index (χ1v) is 8.05. The lowest BCUT2D eigenvalue weighted by atomic mass is 10.0. The molecule has 0 spiro atoms. The molecule has 0 saturated heterocycles. The molecule has 0 amide bonds. The summed E-state index contributed by atoms with van der Waals surface area (Å²) in [6, 6.07) is 8.39. The van der Waals surface area contributed by atoms with E-state index in [4.69, 9.17) is 23.2 Å². The molecule has 0 aliphatic heterocycles. The van der Waals surface area contributed by atoms with E-state index in [1.807, 2.05) is 24.5 Å². The number of halogens is 2. The first-order valence-electron chi connectivity index (χ1n) is 6.98. The summed E-state index contributed by atoms with van der Waals surface area (Å²) in [5, 5.41) is 0. The molecule has 0 aromatic carbocycles. The molecular formula is C16H20Cl2N2+2. The van der Waals surface area contributed by atoms with Gasteiger partial charge in [-0.05, 0) is 37.8 Å². The predicted octanol–water partition coefficient (Wildman–Crippen LogP) is 3.32. The summed E-state index contributed by atoms with van der Waals surface area (Å²) >= 11 is 11.6. The standard InChI is InChI=1S/C16H18Cl2N2/c17-9-1-5-13-7-3-11-19-15(13)16-14(6-2-10-18)8-4-12-20-16/h3-4,7-8,11-12H,1-2,5-6,9-10H2/p+2. The van der Waals surface area contributed by atoms with Crippen LogP contribution in [0, 0.1) is 0 Å². The van der Waals surface area contributed by atoms with Crippen molar-refractivity contribution in [3.8, 4) is 11.4 Å². The molecule has 0 bridgehead atoms. The highest BCUT2D eigenvalue weighted by Gasteiger charge is 2.21. The third-order valence-corrected chi connectivity index (χ3v) is 3.83. The average Bonchev–Trinajstić information content (AvgIpc) is 2.51. The molecule has 2 aromatic heterocycles. The lowest BCUT2D eigenvalue weighted by Gasteiger charge is -2.03. The molecular weight excluding hydrogens is 291 g/mol. The topological polar surface area (TPSA) is 28.3 Å². The zero-order chi connectivity index (χ0) is 14.2. The number of aromatic amines is 2. The number of aromatic nitrogens is 2. The number of alkyl halides is 2. The van der Waals surface area contributed by atoms with Crippen molar-refractivity contribution in [1.29, 1.82) is 0 Å². The van der Waals surface area contributed by atoms with Crippen LogP contribution in [0.2, 0.25) is 0 Å². The van der Waals surface area contributed by atoms with Gasteiger partial charge in [-0.2, -0.15) is 0 Å². The first-order chi connectivity index (χ1) is 9.86. The summed E-state index contributed by atoms with van der Waals surface area (Å²) < 4.78 is 0. The highest BCUT2D eigenvalue weighted by atomic mass is 35.5. The molecule has 0 saturated carbocycles. The monoisotopic (exact) mass is 310 g/mol. The van der Waals surface area contributed by atoms with Crippen LogP contribution in [-0.4, -0.2) is 11.8 Å². The molecule has 2 rings (SSSR count). The van der Waals surface area contributed by atoms with Gasteiger partial charge in [0, 0.05) is 35.0 Å². The van der Waals surface area contributed by atoms with Gasteiger partial charge in [0.15, 0.2) is 12.4 Å². The molecule has 4 heteroatoms. The number of nitrogens with one attached hydrogen (secondary N) is 2. The van der Waals surface area contributed by atoms with Gasteiger partial charge in [-0.25, -0.2) is 9.97 Å². The third-order valence-electron chi connectivity index (χ3n) is 3.29. The van der Waals surface area contributed by atoms with E-state index in [2.05, 4.69) is 22.1 Å². The Morgan fingerprint density at radius 3 is 1.60 bits per heavy atom. The Bertz CT molecular complexity index is 494. The Hall–Kier alpha value is -1.12. The van der Waals surface area contributed by atoms with Crippen LogP contribution in [0.1, 0.15) is 24.0 Å². The van der Waals surface area contributed by atoms with Gasteiger partial charge in [0.05, 0.1) is 0 Å². The van der Waals surface area contributed by atoms with Crippen molar-refractivity contribution in [3.05, 3.63) is 47.8 Å². The van der Waals surface area contributed by atoms with Crippen molar-refractivity contribution in [3.63, 3.8) is 0 Å².